The lowest BCUT2D eigenvalue weighted by molar-refractivity contribution is 0.181. The van der Waals surface area contributed by atoms with Gasteiger partial charge in [0.25, 0.3) is 0 Å². The summed E-state index contributed by atoms with van der Waals surface area (Å²) < 4.78 is 0. The fraction of sp³-hybridized carbons (Fsp3) is 1.00. The zero-order chi connectivity index (χ0) is 13.1. The van der Waals surface area contributed by atoms with E-state index in [-0.39, 0.29) is 12.6 Å². The van der Waals surface area contributed by atoms with Crippen LogP contribution in [0, 0.1) is 0 Å². The normalized spacial score (nSPS) is 13.6. The van der Waals surface area contributed by atoms with Crippen LogP contribution in [0.15, 0.2) is 0 Å². The lowest BCUT2D eigenvalue weighted by Crippen LogP contribution is -2.44. The van der Waals surface area contributed by atoms with Crippen LogP contribution in [0.1, 0.15) is 26.7 Å². The average molecular weight is 245 g/mol. The van der Waals surface area contributed by atoms with Gasteiger partial charge in [0.15, 0.2) is 0 Å². The van der Waals surface area contributed by atoms with Crippen LogP contribution in [0.5, 0.6) is 0 Å². The number of aliphatic hydroxyl groups excluding tert-OH is 1. The molecule has 0 amide bonds. The van der Waals surface area contributed by atoms with Crippen LogP contribution in [0.4, 0.5) is 0 Å². The van der Waals surface area contributed by atoms with Gasteiger partial charge in [-0.3, -0.25) is 0 Å². The lowest BCUT2D eigenvalue weighted by Gasteiger charge is -2.26. The zero-order valence-corrected chi connectivity index (χ0v) is 12.1. The second kappa shape index (κ2) is 11.0. The molecule has 1 unspecified atom stereocenters. The van der Waals surface area contributed by atoms with Gasteiger partial charge < -0.3 is 20.2 Å². The van der Waals surface area contributed by atoms with E-state index in [0.717, 1.165) is 39.1 Å². The molecule has 17 heavy (non-hydrogen) atoms. The van der Waals surface area contributed by atoms with E-state index >= 15 is 0 Å². The van der Waals surface area contributed by atoms with E-state index in [9.17, 15) is 5.11 Å². The molecule has 2 N–H and O–H groups in total. The Bertz CT molecular complexity index is 165. The van der Waals surface area contributed by atoms with Gasteiger partial charge in [0.2, 0.25) is 0 Å². The molecular formula is C13H31N3O. The summed E-state index contributed by atoms with van der Waals surface area (Å²) in [6, 6.07) is 0.217. The third kappa shape index (κ3) is 9.53. The average Bonchev–Trinajstić information content (AvgIpc) is 2.31. The second-order valence-corrected chi connectivity index (χ2v) is 4.88. The van der Waals surface area contributed by atoms with Crippen molar-refractivity contribution in [3.8, 4) is 0 Å². The van der Waals surface area contributed by atoms with E-state index in [4.69, 9.17) is 0 Å². The maximum absolute atomic E-state index is 9.31. The smallest absolute Gasteiger partial charge is 0.0597 e. The van der Waals surface area contributed by atoms with Gasteiger partial charge in [-0.05, 0) is 53.1 Å². The van der Waals surface area contributed by atoms with Crippen molar-refractivity contribution in [2.45, 2.75) is 32.7 Å². The van der Waals surface area contributed by atoms with Gasteiger partial charge in [-0.15, -0.1) is 0 Å². The standard InChI is InChI=1S/C13H31N3O/c1-5-8-14-13(12-17)11-16(6-2)10-7-9-15(3)4/h13-14,17H,5-12H2,1-4H3. The number of aliphatic hydroxyl groups is 1. The minimum absolute atomic E-state index is 0.217. The molecule has 4 nitrogen and oxygen atoms in total. The molecule has 0 saturated carbocycles. The Kier molecular flexibility index (Phi) is 10.9. The number of hydrogen-bond acceptors (Lipinski definition) is 4. The number of nitrogens with zero attached hydrogens (tertiary/aromatic N) is 2. The topological polar surface area (TPSA) is 38.7 Å². The summed E-state index contributed by atoms with van der Waals surface area (Å²) in [7, 11) is 4.21. The van der Waals surface area contributed by atoms with E-state index in [2.05, 4.69) is 43.1 Å². The van der Waals surface area contributed by atoms with Crippen LogP contribution in [0.3, 0.4) is 0 Å². The summed E-state index contributed by atoms with van der Waals surface area (Å²) >= 11 is 0. The summed E-state index contributed by atoms with van der Waals surface area (Å²) in [4.78, 5) is 4.62. The van der Waals surface area contributed by atoms with Crippen molar-refractivity contribution < 1.29 is 5.11 Å². The molecule has 0 aromatic carbocycles. The predicted molar refractivity (Wildman–Crippen MR) is 74.5 cm³/mol. The van der Waals surface area contributed by atoms with Crippen LogP contribution in [0.25, 0.3) is 0 Å². The van der Waals surface area contributed by atoms with Crippen molar-refractivity contribution in [2.24, 2.45) is 0 Å². The zero-order valence-electron chi connectivity index (χ0n) is 12.1. The van der Waals surface area contributed by atoms with Crippen molar-refractivity contribution in [3.63, 3.8) is 0 Å². The van der Waals surface area contributed by atoms with Gasteiger partial charge in [0.1, 0.15) is 0 Å². The summed E-state index contributed by atoms with van der Waals surface area (Å²) in [5, 5.41) is 12.7. The molecule has 0 saturated heterocycles. The Balaban J connectivity index is 3.82. The van der Waals surface area contributed by atoms with Crippen molar-refractivity contribution in [3.05, 3.63) is 0 Å². The highest BCUT2D eigenvalue weighted by atomic mass is 16.3. The molecule has 0 aromatic heterocycles. The van der Waals surface area contributed by atoms with Crippen molar-refractivity contribution >= 4 is 0 Å². The first-order valence-corrected chi connectivity index (χ1v) is 6.85. The Labute approximate surface area is 107 Å². The maximum atomic E-state index is 9.31. The summed E-state index contributed by atoms with van der Waals surface area (Å²) in [5.74, 6) is 0. The molecule has 0 aliphatic carbocycles. The van der Waals surface area contributed by atoms with Crippen LogP contribution >= 0.6 is 0 Å². The molecule has 0 heterocycles. The number of nitrogens with one attached hydrogen (secondary N) is 1. The molecule has 0 aliphatic rings. The van der Waals surface area contributed by atoms with Gasteiger partial charge in [-0.25, -0.2) is 0 Å². The third-order valence-corrected chi connectivity index (χ3v) is 2.91. The molecule has 0 aromatic rings. The van der Waals surface area contributed by atoms with E-state index in [0.29, 0.717) is 0 Å². The molecule has 0 radical (unpaired) electrons. The monoisotopic (exact) mass is 245 g/mol. The minimum Gasteiger partial charge on any atom is -0.395 e. The fourth-order valence-electron chi connectivity index (χ4n) is 1.84. The number of rotatable bonds is 11. The van der Waals surface area contributed by atoms with Crippen molar-refractivity contribution in [1.29, 1.82) is 0 Å². The van der Waals surface area contributed by atoms with Gasteiger partial charge in [-0.2, -0.15) is 0 Å². The molecule has 104 valence electrons. The van der Waals surface area contributed by atoms with Gasteiger partial charge in [-0.1, -0.05) is 13.8 Å². The van der Waals surface area contributed by atoms with Crippen LogP contribution in [-0.4, -0.2) is 74.4 Å². The van der Waals surface area contributed by atoms with Crippen LogP contribution < -0.4 is 5.32 Å². The first-order chi connectivity index (χ1) is 8.13. The Morgan fingerprint density at radius 2 is 1.88 bits per heavy atom. The summed E-state index contributed by atoms with van der Waals surface area (Å²) in [6.45, 7) is 9.78. The first-order valence-electron chi connectivity index (χ1n) is 6.85. The molecule has 0 bridgehead atoms. The van der Waals surface area contributed by atoms with Crippen molar-refractivity contribution in [1.82, 2.24) is 15.1 Å². The fourth-order valence-corrected chi connectivity index (χ4v) is 1.84. The Morgan fingerprint density at radius 1 is 1.18 bits per heavy atom. The molecule has 0 rings (SSSR count). The van der Waals surface area contributed by atoms with E-state index in [1.165, 1.54) is 6.42 Å². The molecule has 0 aliphatic heterocycles. The highest BCUT2D eigenvalue weighted by Crippen LogP contribution is 1.96. The molecule has 1 atom stereocenters. The van der Waals surface area contributed by atoms with E-state index < -0.39 is 0 Å². The van der Waals surface area contributed by atoms with E-state index in [1.807, 2.05) is 0 Å². The maximum Gasteiger partial charge on any atom is 0.0597 e. The molecule has 0 fully saturated rings. The number of hydrogen-bond donors (Lipinski definition) is 2. The van der Waals surface area contributed by atoms with Crippen LogP contribution in [-0.2, 0) is 0 Å². The summed E-state index contributed by atoms with van der Waals surface area (Å²) in [5.41, 5.74) is 0. The molecule has 0 spiro atoms. The Morgan fingerprint density at radius 3 is 2.35 bits per heavy atom. The highest BCUT2D eigenvalue weighted by Gasteiger charge is 2.11. The molecule has 4 heteroatoms. The predicted octanol–water partition coefficient (Wildman–Crippen LogP) is 0.621. The van der Waals surface area contributed by atoms with E-state index in [1.54, 1.807) is 0 Å². The van der Waals surface area contributed by atoms with Crippen molar-refractivity contribution in [2.75, 3.05) is 53.4 Å². The quantitative estimate of drug-likeness (QED) is 0.560. The number of likely N-dealkylation sites (N-methyl/N-ethyl adjacent to an activating group) is 1. The second-order valence-electron chi connectivity index (χ2n) is 4.88. The Hall–Kier alpha value is -0.160. The van der Waals surface area contributed by atoms with Gasteiger partial charge in [0.05, 0.1) is 6.61 Å². The minimum atomic E-state index is 0.217. The van der Waals surface area contributed by atoms with Gasteiger partial charge >= 0.3 is 0 Å². The van der Waals surface area contributed by atoms with Crippen LogP contribution in [0.2, 0.25) is 0 Å². The SMILES string of the molecule is CCCNC(CO)CN(CC)CCCN(C)C. The van der Waals surface area contributed by atoms with Gasteiger partial charge in [0, 0.05) is 12.6 Å². The highest BCUT2D eigenvalue weighted by molar-refractivity contribution is 4.70. The summed E-state index contributed by atoms with van der Waals surface area (Å²) in [6.07, 6.45) is 2.30. The molecular weight excluding hydrogens is 214 g/mol. The first kappa shape index (κ1) is 16.8. The third-order valence-electron chi connectivity index (χ3n) is 2.91. The lowest BCUT2D eigenvalue weighted by atomic mass is 10.2. The largest absolute Gasteiger partial charge is 0.395 e.